The van der Waals surface area contributed by atoms with E-state index < -0.39 is 0 Å². The van der Waals surface area contributed by atoms with Crippen LogP contribution in [0.4, 0.5) is 0 Å². The summed E-state index contributed by atoms with van der Waals surface area (Å²) in [5, 5.41) is 0. The summed E-state index contributed by atoms with van der Waals surface area (Å²) in [5.74, 6) is 3.67. The van der Waals surface area contributed by atoms with E-state index in [9.17, 15) is 4.79 Å². The molecule has 0 aromatic carbocycles. The van der Waals surface area contributed by atoms with Crippen molar-refractivity contribution in [2.75, 3.05) is 0 Å². The van der Waals surface area contributed by atoms with E-state index in [1.165, 1.54) is 37.7 Å². The predicted octanol–water partition coefficient (Wildman–Crippen LogP) is 5.32. The number of carbonyl (C=O) groups is 1. The summed E-state index contributed by atoms with van der Waals surface area (Å²) in [7, 11) is 0. The normalized spacial score (nSPS) is 50.1. The van der Waals surface area contributed by atoms with Crippen LogP contribution in [0.2, 0.25) is 0 Å². The quantitative estimate of drug-likeness (QED) is 0.640. The average Bonchev–Trinajstić information content (AvgIpc) is 2.84. The molecule has 0 aromatic rings. The van der Waals surface area contributed by atoms with Crippen LogP contribution in [-0.2, 0) is 4.79 Å². The van der Waals surface area contributed by atoms with Crippen LogP contribution >= 0.6 is 0 Å². The fourth-order valence-corrected chi connectivity index (χ4v) is 6.78. The molecule has 0 amide bonds. The number of fused-ring (bicyclic) bond motifs is 5. The summed E-state index contributed by atoms with van der Waals surface area (Å²) in [6.45, 7) is 7.42. The van der Waals surface area contributed by atoms with Gasteiger partial charge in [-0.2, -0.15) is 0 Å². The lowest BCUT2D eigenvalue weighted by Crippen LogP contribution is -2.48. The molecule has 1 nitrogen and oxygen atoms in total. The molecular formula is C21H30O. The smallest absolute Gasteiger partial charge is 0.156 e. The Morgan fingerprint density at radius 2 is 1.95 bits per heavy atom. The van der Waals surface area contributed by atoms with Crippen LogP contribution in [0, 0.1) is 34.5 Å². The maximum atomic E-state index is 11.8. The molecule has 0 saturated heterocycles. The van der Waals surface area contributed by atoms with E-state index in [4.69, 9.17) is 0 Å². The number of hydrogen-bond acceptors (Lipinski definition) is 1. The van der Waals surface area contributed by atoms with Gasteiger partial charge in [-0.05, 0) is 78.3 Å². The van der Waals surface area contributed by atoms with Crippen LogP contribution in [0.25, 0.3) is 0 Å². The lowest BCUT2D eigenvalue weighted by molar-refractivity contribution is -0.116. The number of rotatable bonds is 1. The second kappa shape index (κ2) is 4.82. The van der Waals surface area contributed by atoms with Gasteiger partial charge in [-0.15, -0.1) is 0 Å². The molecule has 4 aliphatic rings. The van der Waals surface area contributed by atoms with Crippen LogP contribution in [0.1, 0.15) is 65.7 Å². The molecule has 1 heteroatoms. The van der Waals surface area contributed by atoms with Crippen LogP contribution in [0.5, 0.6) is 0 Å². The topological polar surface area (TPSA) is 17.1 Å². The summed E-state index contributed by atoms with van der Waals surface area (Å²) in [5.41, 5.74) is 2.17. The molecule has 0 aromatic heterocycles. The zero-order chi connectivity index (χ0) is 15.5. The zero-order valence-corrected chi connectivity index (χ0v) is 14.4. The van der Waals surface area contributed by atoms with Gasteiger partial charge in [0.25, 0.3) is 0 Å². The van der Waals surface area contributed by atoms with Crippen molar-refractivity contribution in [1.82, 2.24) is 0 Å². The molecule has 0 bridgehead atoms. The van der Waals surface area contributed by atoms with E-state index in [0.717, 1.165) is 36.5 Å². The maximum absolute atomic E-state index is 11.8. The Bertz CT molecular complexity index is 556. The van der Waals surface area contributed by atoms with Gasteiger partial charge in [-0.3, -0.25) is 4.79 Å². The SMILES string of the molecule is CC[C@H]1CC[C@H]2[C@@H]3C=CC4=CC(=O)CC[C@@]4(C)[C@H]3CC[C@]12C. The van der Waals surface area contributed by atoms with Crippen LogP contribution in [-0.4, -0.2) is 5.78 Å². The van der Waals surface area contributed by atoms with Crippen molar-refractivity contribution in [3.63, 3.8) is 0 Å². The molecule has 2 saturated carbocycles. The fraction of sp³-hybridized carbons (Fsp3) is 0.762. The van der Waals surface area contributed by atoms with Gasteiger partial charge in [0.05, 0.1) is 0 Å². The van der Waals surface area contributed by atoms with Gasteiger partial charge in [-0.1, -0.05) is 39.3 Å². The monoisotopic (exact) mass is 298 g/mol. The Morgan fingerprint density at radius 1 is 1.14 bits per heavy atom. The summed E-state index contributed by atoms with van der Waals surface area (Å²) in [4.78, 5) is 11.8. The van der Waals surface area contributed by atoms with Gasteiger partial charge < -0.3 is 0 Å². The largest absolute Gasteiger partial charge is 0.295 e. The Labute approximate surface area is 135 Å². The highest BCUT2D eigenvalue weighted by atomic mass is 16.1. The van der Waals surface area contributed by atoms with Crippen molar-refractivity contribution in [3.05, 3.63) is 23.8 Å². The van der Waals surface area contributed by atoms with Crippen molar-refractivity contribution in [1.29, 1.82) is 0 Å². The van der Waals surface area contributed by atoms with Gasteiger partial charge in [-0.25, -0.2) is 0 Å². The van der Waals surface area contributed by atoms with E-state index in [-0.39, 0.29) is 5.41 Å². The molecule has 0 radical (unpaired) electrons. The van der Waals surface area contributed by atoms with Crippen LogP contribution < -0.4 is 0 Å². The molecular weight excluding hydrogens is 268 g/mol. The minimum Gasteiger partial charge on any atom is -0.295 e. The molecule has 0 unspecified atom stereocenters. The minimum atomic E-state index is 0.263. The highest BCUT2D eigenvalue weighted by Gasteiger charge is 2.57. The van der Waals surface area contributed by atoms with Crippen molar-refractivity contribution >= 4 is 5.78 Å². The zero-order valence-electron chi connectivity index (χ0n) is 14.4. The average molecular weight is 298 g/mol. The second-order valence-corrected chi connectivity index (χ2v) is 8.86. The molecule has 2 fully saturated rings. The van der Waals surface area contributed by atoms with Gasteiger partial charge in [0.2, 0.25) is 0 Å². The molecule has 22 heavy (non-hydrogen) atoms. The molecule has 4 rings (SSSR count). The number of ketones is 1. The lowest BCUT2D eigenvalue weighted by atomic mass is 9.48. The first-order chi connectivity index (χ1) is 10.5. The Kier molecular flexibility index (Phi) is 3.23. The third-order valence-corrected chi connectivity index (χ3v) is 8.20. The highest BCUT2D eigenvalue weighted by molar-refractivity contribution is 5.92. The summed E-state index contributed by atoms with van der Waals surface area (Å²) in [6.07, 6.45) is 15.6. The Hall–Kier alpha value is -0.850. The first kappa shape index (κ1) is 14.7. The second-order valence-electron chi connectivity index (χ2n) is 8.86. The van der Waals surface area contributed by atoms with Crippen LogP contribution in [0.3, 0.4) is 0 Å². The fourth-order valence-electron chi connectivity index (χ4n) is 6.78. The van der Waals surface area contributed by atoms with E-state index in [1.807, 2.05) is 6.08 Å². The first-order valence-electron chi connectivity index (χ1n) is 9.42. The first-order valence-corrected chi connectivity index (χ1v) is 9.42. The van der Waals surface area contributed by atoms with E-state index in [0.29, 0.717) is 11.2 Å². The van der Waals surface area contributed by atoms with Crippen molar-refractivity contribution in [3.8, 4) is 0 Å². The van der Waals surface area contributed by atoms with Crippen molar-refractivity contribution in [2.24, 2.45) is 34.5 Å². The molecule has 4 aliphatic carbocycles. The van der Waals surface area contributed by atoms with E-state index >= 15 is 0 Å². The maximum Gasteiger partial charge on any atom is 0.156 e. The Morgan fingerprint density at radius 3 is 2.73 bits per heavy atom. The number of hydrogen-bond donors (Lipinski definition) is 0. The third kappa shape index (κ3) is 1.80. The number of carbonyl (C=O) groups excluding carboxylic acids is 1. The number of allylic oxidation sites excluding steroid dienone is 4. The van der Waals surface area contributed by atoms with Gasteiger partial charge in [0, 0.05) is 6.42 Å². The minimum absolute atomic E-state index is 0.263. The standard InChI is InChI=1S/C21H30O/c1-4-14-6-8-18-17-7-5-15-13-16(22)9-11-21(15,3)19(17)10-12-20(14,18)2/h5,7,13-14,17-19H,4,6,8-12H2,1-3H3/t14-,17-,18-,19-,20+,21+/m0/s1. The highest BCUT2D eigenvalue weighted by Crippen LogP contribution is 2.65. The molecule has 6 atom stereocenters. The van der Waals surface area contributed by atoms with Crippen LogP contribution in [0.15, 0.2) is 23.8 Å². The van der Waals surface area contributed by atoms with E-state index in [1.54, 1.807) is 0 Å². The van der Waals surface area contributed by atoms with Crippen molar-refractivity contribution in [2.45, 2.75) is 65.7 Å². The molecule has 120 valence electrons. The Balaban J connectivity index is 1.72. The predicted molar refractivity (Wildman–Crippen MR) is 90.4 cm³/mol. The summed E-state index contributed by atoms with van der Waals surface area (Å²) in [6, 6.07) is 0. The van der Waals surface area contributed by atoms with Gasteiger partial charge in [0.15, 0.2) is 5.78 Å². The molecule has 0 heterocycles. The van der Waals surface area contributed by atoms with Gasteiger partial charge >= 0.3 is 0 Å². The summed E-state index contributed by atoms with van der Waals surface area (Å²) < 4.78 is 0. The lowest BCUT2D eigenvalue weighted by Gasteiger charge is -2.56. The van der Waals surface area contributed by atoms with Gasteiger partial charge in [0.1, 0.15) is 0 Å². The molecule has 0 N–H and O–H groups in total. The summed E-state index contributed by atoms with van der Waals surface area (Å²) >= 11 is 0. The van der Waals surface area contributed by atoms with Crippen molar-refractivity contribution < 1.29 is 4.79 Å². The molecule has 0 aliphatic heterocycles. The molecule has 0 spiro atoms. The third-order valence-electron chi connectivity index (χ3n) is 8.20. The van der Waals surface area contributed by atoms with E-state index in [2.05, 4.69) is 32.9 Å².